The van der Waals surface area contributed by atoms with Crippen LogP contribution in [0.4, 0.5) is 0 Å². The molecule has 0 fully saturated rings. The number of hydrogen-bond acceptors (Lipinski definition) is 3. The maximum Gasteiger partial charge on any atom is 0.338 e. The number of nitrogens with zero attached hydrogens (tertiary/aromatic N) is 3. The zero-order chi connectivity index (χ0) is 16.7. The molecule has 6 nitrogen and oxygen atoms in total. The highest BCUT2D eigenvalue weighted by molar-refractivity contribution is 6.36. The van der Waals surface area contributed by atoms with Gasteiger partial charge in [0.15, 0.2) is 0 Å². The molecule has 2 heterocycles. The molecule has 0 N–H and O–H groups in total. The van der Waals surface area contributed by atoms with Crippen molar-refractivity contribution in [1.29, 1.82) is 0 Å². The summed E-state index contributed by atoms with van der Waals surface area (Å²) in [6, 6.07) is 12.8. The summed E-state index contributed by atoms with van der Waals surface area (Å²) in [5.74, 6) is -1.90. The van der Waals surface area contributed by atoms with Crippen molar-refractivity contribution in [2.24, 2.45) is 9.98 Å². The van der Waals surface area contributed by atoms with Gasteiger partial charge in [0.05, 0.1) is 10.7 Å². The number of amides is 3. The first-order valence-corrected chi connectivity index (χ1v) is 7.64. The minimum absolute atomic E-state index is 0.119. The maximum absolute atomic E-state index is 12.7. The van der Waals surface area contributed by atoms with E-state index < -0.39 is 11.8 Å². The molecule has 0 atom stereocenters. The van der Waals surface area contributed by atoms with E-state index in [4.69, 9.17) is 0 Å². The van der Waals surface area contributed by atoms with E-state index in [0.717, 1.165) is 12.0 Å². The number of carbonyl (C=O) groups is 3. The fraction of sp³-hybridized carbons (Fsp3) is 0.167. The number of benzene rings is 2. The standard InChI is InChI=1S/C18H13N3O3/c22-16-17(23)20-15-9-12(5-6-14(15)19-16)18(24)21-8-7-11-3-1-2-4-13(11)10-21/h1-6,9H,7-8,10H2. The van der Waals surface area contributed by atoms with Gasteiger partial charge < -0.3 is 4.90 Å². The second kappa shape index (κ2) is 5.49. The van der Waals surface area contributed by atoms with Gasteiger partial charge in [-0.05, 0) is 35.7 Å². The van der Waals surface area contributed by atoms with E-state index in [1.807, 2.05) is 18.2 Å². The van der Waals surface area contributed by atoms with Gasteiger partial charge in [0.1, 0.15) is 0 Å². The predicted octanol–water partition coefficient (Wildman–Crippen LogP) is 0.191. The van der Waals surface area contributed by atoms with E-state index in [0.29, 0.717) is 24.0 Å². The summed E-state index contributed by atoms with van der Waals surface area (Å²) in [6.07, 6.45) is 0.819. The number of carbonyl (C=O) groups excluding carboxylic acids is 3. The molecular formula is C18H13N3O3. The number of fused-ring (bicyclic) bond motifs is 2. The Morgan fingerprint density at radius 3 is 2.42 bits per heavy atom. The van der Waals surface area contributed by atoms with Gasteiger partial charge in [-0.25, -0.2) is 9.98 Å². The Balaban J connectivity index is 1.66. The van der Waals surface area contributed by atoms with E-state index in [9.17, 15) is 14.4 Å². The normalized spacial score (nSPS) is 15.9. The summed E-state index contributed by atoms with van der Waals surface area (Å²) in [6.45, 7) is 1.21. The average Bonchev–Trinajstić information content (AvgIpc) is 2.61. The average molecular weight is 319 g/mol. The van der Waals surface area contributed by atoms with Crippen LogP contribution in [0, 0.1) is 0 Å². The predicted molar refractivity (Wildman–Crippen MR) is 83.7 cm³/mol. The molecule has 0 aliphatic carbocycles. The molecule has 3 amide bonds. The Labute approximate surface area is 137 Å². The smallest absolute Gasteiger partial charge is 0.334 e. The summed E-state index contributed by atoms with van der Waals surface area (Å²) in [4.78, 5) is 44.5. The fourth-order valence-corrected chi connectivity index (χ4v) is 3.01. The fourth-order valence-electron chi connectivity index (χ4n) is 3.01. The lowest BCUT2D eigenvalue weighted by molar-refractivity contribution is -0.135. The van der Waals surface area contributed by atoms with Gasteiger partial charge in [0.25, 0.3) is 5.91 Å². The molecule has 2 aromatic rings. The van der Waals surface area contributed by atoms with Crippen LogP contribution in [0.25, 0.3) is 0 Å². The number of hydrogen-bond donors (Lipinski definition) is 0. The minimum Gasteiger partial charge on any atom is -0.334 e. The first-order chi connectivity index (χ1) is 11.6. The van der Waals surface area contributed by atoms with Crippen LogP contribution in [0.2, 0.25) is 0 Å². The molecule has 6 heteroatoms. The summed E-state index contributed by atoms with van der Waals surface area (Å²) < 4.78 is 0. The second-order valence-corrected chi connectivity index (χ2v) is 5.78. The monoisotopic (exact) mass is 319 g/mol. The van der Waals surface area contributed by atoms with Crippen LogP contribution in [0.5, 0.6) is 0 Å². The van der Waals surface area contributed by atoms with Crippen LogP contribution in [0.3, 0.4) is 0 Å². The topological polar surface area (TPSA) is 79.2 Å². The highest BCUT2D eigenvalue weighted by atomic mass is 16.2. The van der Waals surface area contributed by atoms with Crippen LogP contribution in [0.15, 0.2) is 52.4 Å². The summed E-state index contributed by atoms with van der Waals surface area (Å²) in [5.41, 5.74) is 2.86. The van der Waals surface area contributed by atoms with Gasteiger partial charge >= 0.3 is 11.8 Å². The highest BCUT2D eigenvalue weighted by Gasteiger charge is 2.22. The van der Waals surface area contributed by atoms with Crippen LogP contribution >= 0.6 is 0 Å². The molecule has 0 saturated carbocycles. The van der Waals surface area contributed by atoms with Crippen LogP contribution < -0.4 is 10.7 Å². The molecule has 2 aliphatic rings. The Hall–Kier alpha value is -3.15. The Bertz CT molecular complexity index is 1010. The molecule has 0 aromatic heterocycles. The van der Waals surface area contributed by atoms with Gasteiger partial charge in [0.2, 0.25) is 0 Å². The van der Waals surface area contributed by atoms with Crippen molar-refractivity contribution in [1.82, 2.24) is 4.90 Å². The van der Waals surface area contributed by atoms with Crippen molar-refractivity contribution in [3.05, 3.63) is 69.9 Å². The molecule has 0 radical (unpaired) electrons. The quantitative estimate of drug-likeness (QED) is 0.704. The Kier molecular flexibility index (Phi) is 3.30. The molecule has 2 aliphatic heterocycles. The third kappa shape index (κ3) is 2.42. The van der Waals surface area contributed by atoms with Crippen LogP contribution in [-0.2, 0) is 22.6 Å². The van der Waals surface area contributed by atoms with Crippen molar-refractivity contribution in [2.75, 3.05) is 6.54 Å². The van der Waals surface area contributed by atoms with Gasteiger partial charge in [-0.3, -0.25) is 14.4 Å². The minimum atomic E-state index is -0.904. The first-order valence-electron chi connectivity index (χ1n) is 7.64. The second-order valence-electron chi connectivity index (χ2n) is 5.78. The molecule has 0 saturated heterocycles. The van der Waals surface area contributed by atoms with E-state index >= 15 is 0 Å². The van der Waals surface area contributed by atoms with E-state index in [1.54, 1.807) is 17.0 Å². The van der Waals surface area contributed by atoms with Crippen LogP contribution in [0.1, 0.15) is 21.5 Å². The lowest BCUT2D eigenvalue weighted by atomic mass is 9.99. The lowest BCUT2D eigenvalue weighted by Crippen LogP contribution is -2.38. The SMILES string of the molecule is O=C1N=c2ccc(C(=O)N3CCc4ccccc4C3)cc2=NC1=O. The van der Waals surface area contributed by atoms with Gasteiger partial charge in [-0.15, -0.1) is 0 Å². The molecule has 0 bridgehead atoms. The summed E-state index contributed by atoms with van der Waals surface area (Å²) in [7, 11) is 0. The molecule has 0 spiro atoms. The van der Waals surface area contributed by atoms with Crippen molar-refractivity contribution in [2.45, 2.75) is 13.0 Å². The van der Waals surface area contributed by atoms with Crippen molar-refractivity contribution >= 4 is 17.7 Å². The molecular weight excluding hydrogens is 306 g/mol. The van der Waals surface area contributed by atoms with Gasteiger partial charge in [-0.1, -0.05) is 24.3 Å². The zero-order valence-corrected chi connectivity index (χ0v) is 12.7. The molecule has 2 aromatic carbocycles. The van der Waals surface area contributed by atoms with Crippen molar-refractivity contribution in [3.8, 4) is 0 Å². The van der Waals surface area contributed by atoms with E-state index in [2.05, 4.69) is 16.1 Å². The third-order valence-electron chi connectivity index (χ3n) is 4.27. The summed E-state index contributed by atoms with van der Waals surface area (Å²) >= 11 is 0. The van der Waals surface area contributed by atoms with Gasteiger partial charge in [0, 0.05) is 18.7 Å². The first kappa shape index (κ1) is 14.4. The maximum atomic E-state index is 12.7. The lowest BCUT2D eigenvalue weighted by Gasteiger charge is -2.29. The molecule has 4 rings (SSSR count). The molecule has 0 unspecified atom stereocenters. The summed E-state index contributed by atoms with van der Waals surface area (Å²) in [5, 5.41) is 0.586. The molecule has 24 heavy (non-hydrogen) atoms. The van der Waals surface area contributed by atoms with Crippen molar-refractivity contribution in [3.63, 3.8) is 0 Å². The van der Waals surface area contributed by atoms with Gasteiger partial charge in [-0.2, -0.15) is 0 Å². The van der Waals surface area contributed by atoms with E-state index in [1.165, 1.54) is 11.6 Å². The Morgan fingerprint density at radius 1 is 0.917 bits per heavy atom. The number of rotatable bonds is 1. The largest absolute Gasteiger partial charge is 0.338 e. The van der Waals surface area contributed by atoms with E-state index in [-0.39, 0.29) is 11.3 Å². The van der Waals surface area contributed by atoms with Crippen molar-refractivity contribution < 1.29 is 14.4 Å². The third-order valence-corrected chi connectivity index (χ3v) is 4.27. The van der Waals surface area contributed by atoms with Crippen LogP contribution in [-0.4, -0.2) is 29.2 Å². The molecule has 118 valence electrons. The zero-order valence-electron chi connectivity index (χ0n) is 12.7. The highest BCUT2D eigenvalue weighted by Crippen LogP contribution is 2.19. The Morgan fingerprint density at radius 2 is 1.62 bits per heavy atom.